The minimum atomic E-state index is -3.40. The molecular weight excluding hydrogens is 232 g/mol. The van der Waals surface area contributed by atoms with Gasteiger partial charge in [-0.05, 0) is 19.8 Å². The first-order chi connectivity index (χ1) is 7.30. The van der Waals surface area contributed by atoms with Crippen LogP contribution in [0.15, 0.2) is 0 Å². The molecule has 0 bridgehead atoms. The van der Waals surface area contributed by atoms with Crippen molar-refractivity contribution in [2.24, 2.45) is 0 Å². The van der Waals surface area contributed by atoms with Crippen molar-refractivity contribution in [1.29, 1.82) is 0 Å². The third kappa shape index (κ3) is 4.18. The molecule has 0 aromatic rings. The molecule has 1 aliphatic rings. The van der Waals surface area contributed by atoms with Gasteiger partial charge in [0.05, 0.1) is 6.54 Å². The van der Waals surface area contributed by atoms with Crippen LogP contribution in [-0.4, -0.2) is 44.3 Å². The minimum absolute atomic E-state index is 0.171. The zero-order valence-corrected chi connectivity index (χ0v) is 10.1. The van der Waals surface area contributed by atoms with E-state index >= 15 is 0 Å². The number of amides is 2. The molecule has 0 heterocycles. The maximum Gasteiger partial charge on any atom is 0.239 e. The van der Waals surface area contributed by atoms with Crippen molar-refractivity contribution < 1.29 is 18.0 Å². The van der Waals surface area contributed by atoms with Crippen molar-refractivity contribution in [3.8, 4) is 0 Å². The van der Waals surface area contributed by atoms with Gasteiger partial charge in [-0.3, -0.25) is 9.59 Å². The number of sulfone groups is 1. The molecule has 1 saturated carbocycles. The summed E-state index contributed by atoms with van der Waals surface area (Å²) in [5.74, 6) is -0.926. The summed E-state index contributed by atoms with van der Waals surface area (Å²) in [6.07, 6.45) is 2.93. The molecule has 1 fully saturated rings. The third-order valence-corrected chi connectivity index (χ3v) is 3.88. The van der Waals surface area contributed by atoms with Crippen LogP contribution in [0.1, 0.15) is 19.8 Å². The highest BCUT2D eigenvalue weighted by Gasteiger charge is 2.25. The summed E-state index contributed by atoms with van der Waals surface area (Å²) in [5, 5.41) is 3.85. The van der Waals surface area contributed by atoms with Crippen molar-refractivity contribution in [2.45, 2.75) is 31.1 Å². The van der Waals surface area contributed by atoms with Crippen LogP contribution in [0.3, 0.4) is 0 Å². The lowest BCUT2D eigenvalue weighted by molar-refractivity contribution is -0.125. The minimum Gasteiger partial charge on any atom is -0.352 e. The summed E-state index contributed by atoms with van der Waals surface area (Å²) in [5.41, 5.74) is 0. The van der Waals surface area contributed by atoms with E-state index in [0.29, 0.717) is 0 Å². The van der Waals surface area contributed by atoms with Gasteiger partial charge in [0.2, 0.25) is 11.8 Å². The summed E-state index contributed by atoms with van der Waals surface area (Å²) < 4.78 is 22.1. The molecule has 7 heteroatoms. The Morgan fingerprint density at radius 2 is 1.94 bits per heavy atom. The Morgan fingerprint density at radius 3 is 2.38 bits per heavy atom. The lowest BCUT2D eigenvalue weighted by atomic mass is 10.4. The van der Waals surface area contributed by atoms with Gasteiger partial charge < -0.3 is 10.6 Å². The SMILES string of the molecule is C[C@@H](C(=O)NCC(=O)NC1CC1)S(C)(=O)=O. The van der Waals surface area contributed by atoms with Crippen LogP contribution in [0.5, 0.6) is 0 Å². The molecule has 16 heavy (non-hydrogen) atoms. The first-order valence-corrected chi connectivity index (χ1v) is 7.02. The average Bonchev–Trinajstić information content (AvgIpc) is 2.95. The van der Waals surface area contributed by atoms with E-state index in [1.807, 2.05) is 0 Å². The van der Waals surface area contributed by atoms with E-state index in [4.69, 9.17) is 0 Å². The highest BCUT2D eigenvalue weighted by molar-refractivity contribution is 7.92. The standard InChI is InChI=1S/C9H16N2O4S/c1-6(16(2,14)15)9(13)10-5-8(12)11-7-3-4-7/h6-7H,3-5H2,1-2H3,(H,10,13)(H,11,12)/t6-/m0/s1. The Bertz CT molecular complexity index is 386. The van der Waals surface area contributed by atoms with Gasteiger partial charge >= 0.3 is 0 Å². The van der Waals surface area contributed by atoms with E-state index in [1.54, 1.807) is 0 Å². The number of carbonyl (C=O) groups is 2. The molecule has 1 aliphatic carbocycles. The van der Waals surface area contributed by atoms with Gasteiger partial charge in [-0.2, -0.15) is 0 Å². The first-order valence-electron chi connectivity index (χ1n) is 5.06. The molecule has 92 valence electrons. The monoisotopic (exact) mass is 248 g/mol. The molecule has 0 unspecified atom stereocenters. The predicted molar refractivity (Wildman–Crippen MR) is 58.5 cm³/mol. The van der Waals surface area contributed by atoms with E-state index in [-0.39, 0.29) is 18.5 Å². The van der Waals surface area contributed by atoms with Crippen molar-refractivity contribution in [3.63, 3.8) is 0 Å². The Hall–Kier alpha value is -1.11. The van der Waals surface area contributed by atoms with Crippen LogP contribution in [0.4, 0.5) is 0 Å². The van der Waals surface area contributed by atoms with Gasteiger partial charge in [0.15, 0.2) is 9.84 Å². The molecule has 2 amide bonds. The van der Waals surface area contributed by atoms with Crippen LogP contribution in [0.25, 0.3) is 0 Å². The van der Waals surface area contributed by atoms with Crippen molar-refractivity contribution in [2.75, 3.05) is 12.8 Å². The van der Waals surface area contributed by atoms with Gasteiger partial charge in [0.1, 0.15) is 5.25 Å². The van der Waals surface area contributed by atoms with Crippen LogP contribution in [0, 0.1) is 0 Å². The number of hydrogen-bond donors (Lipinski definition) is 2. The largest absolute Gasteiger partial charge is 0.352 e. The second kappa shape index (κ2) is 4.82. The smallest absolute Gasteiger partial charge is 0.239 e. The Balaban J connectivity index is 2.31. The quantitative estimate of drug-likeness (QED) is 0.640. The molecule has 0 spiro atoms. The molecule has 1 atom stereocenters. The van der Waals surface area contributed by atoms with Gasteiger partial charge in [-0.25, -0.2) is 8.42 Å². The normalized spacial score (nSPS) is 17.6. The Kier molecular flexibility index (Phi) is 3.90. The zero-order chi connectivity index (χ0) is 12.3. The fourth-order valence-corrected chi connectivity index (χ4v) is 1.48. The maximum absolute atomic E-state index is 11.3. The summed E-state index contributed by atoms with van der Waals surface area (Å²) in [6, 6.07) is 0.233. The topological polar surface area (TPSA) is 92.3 Å². The van der Waals surface area contributed by atoms with Gasteiger partial charge in [0, 0.05) is 12.3 Å². The van der Waals surface area contributed by atoms with E-state index in [0.717, 1.165) is 19.1 Å². The Morgan fingerprint density at radius 1 is 1.38 bits per heavy atom. The molecule has 0 aromatic heterocycles. The number of nitrogens with one attached hydrogen (secondary N) is 2. The highest BCUT2D eigenvalue weighted by Crippen LogP contribution is 2.18. The fourth-order valence-electron chi connectivity index (χ4n) is 1.01. The van der Waals surface area contributed by atoms with Crippen LogP contribution >= 0.6 is 0 Å². The lowest BCUT2D eigenvalue weighted by Crippen LogP contribution is -2.43. The molecule has 0 radical (unpaired) electrons. The van der Waals surface area contributed by atoms with Gasteiger partial charge in [-0.15, -0.1) is 0 Å². The second-order valence-electron chi connectivity index (χ2n) is 4.03. The average molecular weight is 248 g/mol. The third-order valence-electron chi connectivity index (χ3n) is 2.38. The molecule has 1 rings (SSSR count). The molecule has 6 nitrogen and oxygen atoms in total. The van der Waals surface area contributed by atoms with Gasteiger partial charge in [0.25, 0.3) is 0 Å². The molecule has 0 aliphatic heterocycles. The predicted octanol–water partition coefficient (Wildman–Crippen LogP) is -1.19. The highest BCUT2D eigenvalue weighted by atomic mass is 32.2. The van der Waals surface area contributed by atoms with Crippen LogP contribution in [0.2, 0.25) is 0 Å². The van der Waals surface area contributed by atoms with E-state index in [9.17, 15) is 18.0 Å². The summed E-state index contributed by atoms with van der Waals surface area (Å²) in [6.45, 7) is 1.12. The summed E-state index contributed by atoms with van der Waals surface area (Å²) in [7, 11) is -3.40. The summed E-state index contributed by atoms with van der Waals surface area (Å²) >= 11 is 0. The molecule has 2 N–H and O–H groups in total. The second-order valence-corrected chi connectivity index (χ2v) is 6.40. The van der Waals surface area contributed by atoms with Crippen molar-refractivity contribution in [1.82, 2.24) is 10.6 Å². The fraction of sp³-hybridized carbons (Fsp3) is 0.778. The first kappa shape index (κ1) is 13.0. The van der Waals surface area contributed by atoms with Crippen molar-refractivity contribution in [3.05, 3.63) is 0 Å². The van der Waals surface area contributed by atoms with E-state index in [1.165, 1.54) is 6.92 Å². The lowest BCUT2D eigenvalue weighted by Gasteiger charge is -2.10. The van der Waals surface area contributed by atoms with Gasteiger partial charge in [-0.1, -0.05) is 0 Å². The maximum atomic E-state index is 11.3. The molecule has 0 aromatic carbocycles. The number of carbonyl (C=O) groups excluding carboxylic acids is 2. The molecular formula is C9H16N2O4S. The zero-order valence-electron chi connectivity index (χ0n) is 9.32. The van der Waals surface area contributed by atoms with Crippen molar-refractivity contribution >= 4 is 21.7 Å². The van der Waals surface area contributed by atoms with E-state index < -0.39 is 21.0 Å². The molecule has 0 saturated heterocycles. The Labute approximate surface area is 94.7 Å². The number of hydrogen-bond acceptors (Lipinski definition) is 4. The van der Waals surface area contributed by atoms with Crippen LogP contribution in [-0.2, 0) is 19.4 Å². The van der Waals surface area contributed by atoms with E-state index in [2.05, 4.69) is 10.6 Å². The van der Waals surface area contributed by atoms with Crippen LogP contribution < -0.4 is 10.6 Å². The summed E-state index contributed by atoms with van der Waals surface area (Å²) in [4.78, 5) is 22.5. The number of rotatable bonds is 5.